The molecular weight excluding hydrogens is 129 g/mol. The van der Waals surface area contributed by atoms with Crippen LogP contribution in [0.4, 0.5) is 4.70 Å². The summed E-state index contributed by atoms with van der Waals surface area (Å²) in [6.07, 6.45) is 2.39. The molecule has 9 heavy (non-hydrogen) atoms. The number of rotatable bonds is 2. The van der Waals surface area contributed by atoms with Crippen LogP contribution in [-0.4, -0.2) is 23.0 Å². The first-order chi connectivity index (χ1) is 2.41. The minimum absolute atomic E-state index is 0. The molecule has 0 heterocycles. The Balaban J connectivity index is -0.0000000133. The molecule has 0 radical (unpaired) electrons. The summed E-state index contributed by atoms with van der Waals surface area (Å²) < 4.78 is 0. The molecule has 0 bridgehead atoms. The predicted octanol–water partition coefficient (Wildman–Crippen LogP) is -1.58. The van der Waals surface area contributed by atoms with Gasteiger partial charge in [0.1, 0.15) is 0 Å². The van der Waals surface area contributed by atoms with Crippen LogP contribution in [0.2, 0.25) is 0 Å². The van der Waals surface area contributed by atoms with Crippen molar-refractivity contribution in [3.8, 4) is 0 Å². The van der Waals surface area contributed by atoms with Crippen molar-refractivity contribution < 1.29 is 21.1 Å². The monoisotopic (exact) mass is 147 g/mol. The zero-order valence-electron chi connectivity index (χ0n) is 5.61. The fourth-order valence-corrected chi connectivity index (χ4v) is 0.204. The van der Waals surface area contributed by atoms with Gasteiger partial charge in [-0.05, 0) is 13.0 Å². The summed E-state index contributed by atoms with van der Waals surface area (Å²) in [5.41, 5.74) is 5.14. The SMILES string of the molecule is CCCCN.F.O.O.O. The number of nitrogens with two attached hydrogens (primary N) is 1. The van der Waals surface area contributed by atoms with E-state index in [2.05, 4.69) is 6.92 Å². The van der Waals surface area contributed by atoms with Crippen LogP contribution in [-0.2, 0) is 0 Å². The summed E-state index contributed by atoms with van der Waals surface area (Å²) in [4.78, 5) is 0. The second-order valence-electron chi connectivity index (χ2n) is 1.14. The highest BCUT2D eigenvalue weighted by Crippen LogP contribution is 1.77. The molecular formula is C4H18FNO3. The van der Waals surface area contributed by atoms with Crippen molar-refractivity contribution in [2.24, 2.45) is 5.73 Å². The molecule has 0 aromatic carbocycles. The van der Waals surface area contributed by atoms with E-state index in [9.17, 15) is 0 Å². The van der Waals surface area contributed by atoms with Gasteiger partial charge in [-0.25, -0.2) is 0 Å². The van der Waals surface area contributed by atoms with E-state index in [0.29, 0.717) is 0 Å². The van der Waals surface area contributed by atoms with Gasteiger partial charge in [0, 0.05) is 0 Å². The van der Waals surface area contributed by atoms with E-state index in [1.54, 1.807) is 0 Å². The van der Waals surface area contributed by atoms with Gasteiger partial charge >= 0.3 is 0 Å². The normalized spacial score (nSPS) is 4.67. The van der Waals surface area contributed by atoms with Crippen molar-refractivity contribution in [1.82, 2.24) is 0 Å². The Hall–Kier alpha value is -0.230. The molecule has 0 aliphatic carbocycles. The van der Waals surface area contributed by atoms with Crippen LogP contribution in [0.15, 0.2) is 0 Å². The summed E-state index contributed by atoms with van der Waals surface area (Å²) >= 11 is 0. The third kappa shape index (κ3) is 82.6. The average molecular weight is 147 g/mol. The van der Waals surface area contributed by atoms with Crippen molar-refractivity contribution in [1.29, 1.82) is 0 Å². The fourth-order valence-electron chi connectivity index (χ4n) is 0.204. The maximum absolute atomic E-state index is 5.14. The zero-order chi connectivity index (χ0) is 4.12. The molecule has 8 N–H and O–H groups in total. The highest BCUT2D eigenvalue weighted by Gasteiger charge is 1.67. The predicted molar refractivity (Wildman–Crippen MR) is 37.3 cm³/mol. The van der Waals surface area contributed by atoms with E-state index in [0.717, 1.165) is 6.54 Å². The van der Waals surface area contributed by atoms with Gasteiger partial charge in [0.25, 0.3) is 0 Å². The maximum Gasteiger partial charge on any atom is -0.00774 e. The summed E-state index contributed by atoms with van der Waals surface area (Å²) in [5, 5.41) is 0. The van der Waals surface area contributed by atoms with E-state index >= 15 is 0 Å². The molecule has 0 rings (SSSR count). The highest BCUT2D eigenvalue weighted by molar-refractivity contribution is 4.29. The van der Waals surface area contributed by atoms with Gasteiger partial charge in [0.05, 0.1) is 0 Å². The van der Waals surface area contributed by atoms with Crippen molar-refractivity contribution >= 4 is 0 Å². The Morgan fingerprint density at radius 1 is 1.11 bits per heavy atom. The third-order valence-electron chi connectivity index (χ3n) is 0.558. The minimum atomic E-state index is 0. The number of unbranched alkanes of at least 4 members (excludes halogenated alkanes) is 1. The first kappa shape index (κ1) is 37.3. The molecule has 0 atom stereocenters. The Bertz CT molecular complexity index is 23.3. The van der Waals surface area contributed by atoms with Crippen molar-refractivity contribution in [2.45, 2.75) is 19.8 Å². The topological polar surface area (TPSA) is 121 Å². The Morgan fingerprint density at radius 2 is 1.44 bits per heavy atom. The summed E-state index contributed by atoms with van der Waals surface area (Å²) in [6.45, 7) is 2.98. The van der Waals surface area contributed by atoms with Gasteiger partial charge in [-0.1, -0.05) is 13.3 Å². The molecule has 64 valence electrons. The van der Waals surface area contributed by atoms with Crippen LogP contribution in [0.5, 0.6) is 0 Å². The van der Waals surface area contributed by atoms with E-state index in [1.807, 2.05) is 0 Å². The lowest BCUT2D eigenvalue weighted by atomic mass is 10.3. The Morgan fingerprint density at radius 3 is 1.44 bits per heavy atom. The van der Waals surface area contributed by atoms with Gasteiger partial charge in [0.15, 0.2) is 0 Å². The summed E-state index contributed by atoms with van der Waals surface area (Å²) in [7, 11) is 0. The van der Waals surface area contributed by atoms with E-state index in [4.69, 9.17) is 5.73 Å². The van der Waals surface area contributed by atoms with Crippen LogP contribution in [0.1, 0.15) is 19.8 Å². The van der Waals surface area contributed by atoms with Crippen LogP contribution < -0.4 is 5.73 Å². The average Bonchev–Trinajstić information content (AvgIpc) is 1.41. The third-order valence-corrected chi connectivity index (χ3v) is 0.558. The minimum Gasteiger partial charge on any atom is -0.412 e. The molecule has 0 fully saturated rings. The Labute approximate surface area is 54.3 Å². The van der Waals surface area contributed by atoms with E-state index in [-0.39, 0.29) is 21.1 Å². The molecule has 0 amide bonds. The second kappa shape index (κ2) is 46.4. The van der Waals surface area contributed by atoms with Crippen molar-refractivity contribution in [3.63, 3.8) is 0 Å². The maximum atomic E-state index is 5.14. The van der Waals surface area contributed by atoms with Crippen LogP contribution in [0, 0.1) is 0 Å². The summed E-state index contributed by atoms with van der Waals surface area (Å²) in [6, 6.07) is 0. The fraction of sp³-hybridized carbons (Fsp3) is 1.00. The lowest BCUT2D eigenvalue weighted by Crippen LogP contribution is -1.95. The van der Waals surface area contributed by atoms with Gasteiger partial charge in [-0.3, -0.25) is 4.70 Å². The van der Waals surface area contributed by atoms with Crippen LogP contribution in [0.25, 0.3) is 0 Å². The van der Waals surface area contributed by atoms with Gasteiger partial charge in [-0.2, -0.15) is 0 Å². The van der Waals surface area contributed by atoms with Crippen LogP contribution in [0.3, 0.4) is 0 Å². The molecule has 0 aliphatic heterocycles. The molecule has 0 saturated heterocycles. The molecule has 0 unspecified atom stereocenters. The summed E-state index contributed by atoms with van der Waals surface area (Å²) in [5.74, 6) is 0. The molecule has 0 saturated carbocycles. The number of hydrogen-bond donors (Lipinski definition) is 1. The van der Waals surface area contributed by atoms with Crippen molar-refractivity contribution in [3.05, 3.63) is 0 Å². The first-order valence-corrected chi connectivity index (χ1v) is 2.12. The smallest absolute Gasteiger partial charge is 0.00774 e. The molecule has 4 nitrogen and oxygen atoms in total. The molecule has 0 aromatic heterocycles. The largest absolute Gasteiger partial charge is 0.412 e. The molecule has 0 aliphatic rings. The van der Waals surface area contributed by atoms with E-state index < -0.39 is 0 Å². The molecule has 5 heteroatoms. The Kier molecular flexibility index (Phi) is 192. The highest BCUT2D eigenvalue weighted by atomic mass is 19.0. The first-order valence-electron chi connectivity index (χ1n) is 2.12. The van der Waals surface area contributed by atoms with Gasteiger partial charge in [0.2, 0.25) is 0 Å². The number of hydrogen-bond acceptors (Lipinski definition) is 1. The standard InChI is InChI=1S/C4H11N.FH.3H2O/c1-2-3-4-5;;;;/h2-5H2,1H3;1H;3*1H2. The van der Waals surface area contributed by atoms with Crippen molar-refractivity contribution in [2.75, 3.05) is 6.54 Å². The quantitative estimate of drug-likeness (QED) is 0.498. The van der Waals surface area contributed by atoms with E-state index in [1.165, 1.54) is 12.8 Å². The number of halogens is 1. The van der Waals surface area contributed by atoms with Gasteiger partial charge in [-0.15, -0.1) is 0 Å². The second-order valence-corrected chi connectivity index (χ2v) is 1.14. The molecule has 0 aromatic rings. The molecule has 0 spiro atoms. The van der Waals surface area contributed by atoms with Gasteiger partial charge < -0.3 is 22.2 Å². The van der Waals surface area contributed by atoms with Crippen LogP contribution >= 0.6 is 0 Å². The lowest BCUT2D eigenvalue weighted by molar-refractivity contribution is 0.807. The zero-order valence-corrected chi connectivity index (χ0v) is 5.61. The lowest BCUT2D eigenvalue weighted by Gasteiger charge is -1.80.